The second-order valence-corrected chi connectivity index (χ2v) is 11.6. The van der Waals surface area contributed by atoms with E-state index in [1.807, 2.05) is 68.2 Å². The van der Waals surface area contributed by atoms with E-state index in [-0.39, 0.29) is 5.92 Å². The minimum absolute atomic E-state index is 0.247. The lowest BCUT2D eigenvalue weighted by molar-refractivity contribution is -0.434. The lowest BCUT2D eigenvalue weighted by Gasteiger charge is -2.21. The van der Waals surface area contributed by atoms with E-state index in [2.05, 4.69) is 38.5 Å². The molecule has 8 nitrogen and oxygen atoms in total. The Morgan fingerprint density at radius 3 is 2.71 bits per heavy atom. The molecular weight excluding hydrogens is 530 g/mol. The number of hydrogen-bond donors (Lipinski definition) is 5. The van der Waals surface area contributed by atoms with Crippen LogP contribution in [0.3, 0.4) is 0 Å². The Bertz CT molecular complexity index is 1630. The van der Waals surface area contributed by atoms with Crippen molar-refractivity contribution in [3.63, 3.8) is 0 Å². The number of hydrogen-bond acceptors (Lipinski definition) is 8. The summed E-state index contributed by atoms with van der Waals surface area (Å²) in [5.74, 6) is 1.29. The Morgan fingerprint density at radius 1 is 1.20 bits per heavy atom. The summed E-state index contributed by atoms with van der Waals surface area (Å²) in [5.41, 5.74) is 8.77. The minimum atomic E-state index is -0.991. The fourth-order valence-electron chi connectivity index (χ4n) is 5.20. The van der Waals surface area contributed by atoms with Crippen molar-refractivity contribution in [2.75, 3.05) is 17.7 Å². The van der Waals surface area contributed by atoms with Gasteiger partial charge in [0.25, 0.3) is 5.84 Å². The van der Waals surface area contributed by atoms with E-state index in [1.54, 1.807) is 11.3 Å². The van der Waals surface area contributed by atoms with Gasteiger partial charge in [-0.2, -0.15) is 0 Å². The first-order valence-electron chi connectivity index (χ1n) is 14.2. The number of aliphatic hydroxyl groups excluding tert-OH is 1. The van der Waals surface area contributed by atoms with Gasteiger partial charge in [0.1, 0.15) is 5.70 Å². The van der Waals surface area contributed by atoms with Gasteiger partial charge in [0.05, 0.1) is 42.1 Å². The molecule has 0 amide bonds. The minimum Gasteiger partial charge on any atom is -0.379 e. The molecule has 0 bridgehead atoms. The van der Waals surface area contributed by atoms with E-state index >= 15 is 0 Å². The molecule has 0 saturated heterocycles. The second kappa shape index (κ2) is 11.4. The van der Waals surface area contributed by atoms with E-state index in [0.717, 1.165) is 81.7 Å². The van der Waals surface area contributed by atoms with Gasteiger partial charge in [0.2, 0.25) is 0 Å². The number of anilines is 2. The molecule has 1 unspecified atom stereocenters. The summed E-state index contributed by atoms with van der Waals surface area (Å²) >= 11 is 1.59. The number of aryl methyl sites for hydroxylation is 1. The lowest BCUT2D eigenvalue weighted by Crippen LogP contribution is -2.32. The van der Waals surface area contributed by atoms with Gasteiger partial charge in [-0.3, -0.25) is 9.98 Å². The molecule has 3 aliphatic rings. The third-order valence-corrected chi connectivity index (χ3v) is 8.76. The number of nitrogens with one attached hydrogen (secondary N) is 4. The van der Waals surface area contributed by atoms with Crippen LogP contribution in [0.1, 0.15) is 66.2 Å². The Kier molecular flexibility index (Phi) is 7.55. The zero-order valence-corrected chi connectivity index (χ0v) is 24.5. The van der Waals surface area contributed by atoms with Gasteiger partial charge < -0.3 is 21.1 Å². The summed E-state index contributed by atoms with van der Waals surface area (Å²) in [7, 11) is 2.02. The number of thiophene rings is 1. The highest BCUT2D eigenvalue weighted by atomic mass is 32.1. The third kappa shape index (κ3) is 5.60. The van der Waals surface area contributed by atoms with Gasteiger partial charge >= 0.3 is 0 Å². The fraction of sp³-hybridized carbons (Fsp3) is 0.312. The first kappa shape index (κ1) is 27.1. The van der Waals surface area contributed by atoms with Gasteiger partial charge in [-0.25, -0.2) is 9.89 Å². The number of pyridine rings is 1. The van der Waals surface area contributed by atoms with E-state index in [4.69, 9.17) is 10.4 Å². The summed E-state index contributed by atoms with van der Waals surface area (Å²) in [4.78, 5) is 10.5. The van der Waals surface area contributed by atoms with Gasteiger partial charge in [0.15, 0.2) is 6.23 Å². The van der Waals surface area contributed by atoms with E-state index in [0.29, 0.717) is 12.3 Å². The standard InChI is InChI=1S/C32H35N7OS/c1-4-20-13-15-34-30-23(18-41-31(30)29(20)38-26-14-16-39(26)3)32(40)37-25-10-6-9-24(27(25)28(33)21-11-12-21)35-17-22-8-5-7-19(2)36-22/h5-10,14-16,18,21,32,40H,4,11-13,17H2,1-3H3,(H3,33,35,37)/p+1. The van der Waals surface area contributed by atoms with Crippen LogP contribution in [0.15, 0.2) is 64.6 Å². The zero-order valence-electron chi connectivity index (χ0n) is 23.7. The van der Waals surface area contributed by atoms with Crippen LogP contribution in [0.4, 0.5) is 17.1 Å². The average Bonchev–Trinajstić information content (AvgIpc) is 3.76. The maximum absolute atomic E-state index is 11.6. The Hall–Kier alpha value is -4.08. The smallest absolute Gasteiger partial charge is 0.282 e. The highest BCUT2D eigenvalue weighted by Gasteiger charge is 2.32. The third-order valence-electron chi connectivity index (χ3n) is 7.76. The normalized spacial score (nSPS) is 16.7. The largest absolute Gasteiger partial charge is 0.379 e. The number of rotatable bonds is 10. The summed E-state index contributed by atoms with van der Waals surface area (Å²) in [6, 6.07) is 11.9. The predicted molar refractivity (Wildman–Crippen MR) is 169 cm³/mol. The molecule has 6 rings (SSSR count). The Morgan fingerprint density at radius 2 is 2.00 bits per heavy atom. The van der Waals surface area contributed by atoms with Crippen LogP contribution in [0, 0.1) is 18.3 Å². The maximum atomic E-state index is 11.6. The van der Waals surface area contributed by atoms with Crippen molar-refractivity contribution < 1.29 is 9.68 Å². The molecule has 0 radical (unpaired) electrons. The second-order valence-electron chi connectivity index (χ2n) is 10.7. The van der Waals surface area contributed by atoms with Crippen LogP contribution in [-0.2, 0) is 6.54 Å². The number of fused-ring (bicyclic) bond motifs is 1. The summed E-state index contributed by atoms with van der Waals surface area (Å²) in [5, 5.41) is 33.0. The number of allylic oxidation sites excluding steroid dienone is 1. The van der Waals surface area contributed by atoms with Crippen LogP contribution in [0.25, 0.3) is 5.70 Å². The van der Waals surface area contributed by atoms with Crippen LogP contribution in [0.2, 0.25) is 0 Å². The quantitative estimate of drug-likeness (QED) is 0.112. The van der Waals surface area contributed by atoms with Crippen molar-refractivity contribution in [1.29, 1.82) is 5.41 Å². The number of aliphatic hydroxyl groups is 1. The molecule has 1 saturated carbocycles. The van der Waals surface area contributed by atoms with Gasteiger partial charge in [-0.05, 0) is 56.0 Å². The SMILES string of the molecule is CCC1=C(NC2=[N+](C)C=C2)c2scc(C(O)Nc3cccc(NCc4cccc(C)n4)c3C(=N)C3CC3)c2N=CC1. The van der Waals surface area contributed by atoms with Crippen molar-refractivity contribution in [3.8, 4) is 0 Å². The molecule has 1 aliphatic carbocycles. The molecule has 9 heteroatoms. The van der Waals surface area contributed by atoms with Gasteiger partial charge in [0, 0.05) is 57.8 Å². The highest BCUT2D eigenvalue weighted by molar-refractivity contribution is 7.12. The van der Waals surface area contributed by atoms with Gasteiger partial charge in [-0.1, -0.05) is 19.1 Å². The van der Waals surface area contributed by atoms with Crippen LogP contribution >= 0.6 is 11.3 Å². The fourth-order valence-corrected chi connectivity index (χ4v) is 6.28. The molecule has 41 heavy (non-hydrogen) atoms. The number of aliphatic imine (C=N–C) groups is 1. The molecule has 5 N–H and O–H groups in total. The highest BCUT2D eigenvalue weighted by Crippen LogP contribution is 2.43. The molecular formula is C32H36N7OS+. The van der Waals surface area contributed by atoms with E-state index in [1.165, 1.54) is 5.57 Å². The molecule has 210 valence electrons. The molecule has 3 aromatic rings. The van der Waals surface area contributed by atoms with E-state index in [9.17, 15) is 5.11 Å². The monoisotopic (exact) mass is 566 g/mol. The Balaban J connectivity index is 1.30. The van der Waals surface area contributed by atoms with Crippen molar-refractivity contribution in [1.82, 2.24) is 10.3 Å². The maximum Gasteiger partial charge on any atom is 0.282 e. The molecule has 0 spiro atoms. The molecule has 2 aromatic heterocycles. The van der Waals surface area contributed by atoms with Crippen molar-refractivity contribution >= 4 is 51.9 Å². The number of aromatic nitrogens is 1. The van der Waals surface area contributed by atoms with Crippen molar-refractivity contribution in [2.24, 2.45) is 10.9 Å². The lowest BCUT2D eigenvalue weighted by atomic mass is 10.0. The Labute approximate surface area is 244 Å². The molecule has 1 fully saturated rings. The number of nitrogens with zero attached hydrogens (tertiary/aromatic N) is 3. The molecule has 2 aliphatic heterocycles. The molecule has 4 heterocycles. The van der Waals surface area contributed by atoms with Crippen molar-refractivity contribution in [2.45, 2.75) is 52.3 Å². The van der Waals surface area contributed by atoms with Crippen LogP contribution < -0.4 is 16.0 Å². The van der Waals surface area contributed by atoms with Crippen LogP contribution in [-0.4, -0.2) is 39.5 Å². The summed E-state index contributed by atoms with van der Waals surface area (Å²) in [6.07, 6.45) is 8.74. The molecule has 1 atom stereocenters. The first-order chi connectivity index (χ1) is 19.9. The van der Waals surface area contributed by atoms with Crippen LogP contribution in [0.5, 0.6) is 0 Å². The predicted octanol–water partition coefficient (Wildman–Crippen LogP) is 6.33. The number of benzene rings is 1. The zero-order chi connectivity index (χ0) is 28.5. The average molecular weight is 567 g/mol. The first-order valence-corrected chi connectivity index (χ1v) is 15.0. The topological polar surface area (TPSA) is 108 Å². The molecule has 1 aromatic carbocycles. The summed E-state index contributed by atoms with van der Waals surface area (Å²) < 4.78 is 2.06. The number of amidine groups is 1. The van der Waals surface area contributed by atoms with Crippen molar-refractivity contribution in [3.05, 3.63) is 87.0 Å². The summed E-state index contributed by atoms with van der Waals surface area (Å²) in [6.45, 7) is 4.70. The van der Waals surface area contributed by atoms with E-state index < -0.39 is 6.23 Å². The van der Waals surface area contributed by atoms with Gasteiger partial charge in [-0.15, -0.1) is 11.3 Å².